The first kappa shape index (κ1) is 23.8. The Kier molecular flexibility index (Phi) is 7.47. The van der Waals surface area contributed by atoms with Crippen molar-refractivity contribution in [2.45, 2.75) is 57.7 Å². The van der Waals surface area contributed by atoms with Gasteiger partial charge in [0.05, 0.1) is 10.9 Å². The maximum atomic E-state index is 13.2. The average Bonchev–Trinajstić information content (AvgIpc) is 3.32. The van der Waals surface area contributed by atoms with E-state index in [1.165, 1.54) is 10.6 Å². The molecule has 1 aliphatic rings. The molecule has 2 N–H and O–H groups in total. The number of halogens is 1. The largest absolute Gasteiger partial charge is 0.353 e. The fourth-order valence-corrected chi connectivity index (χ4v) is 4.55. The number of fused-ring (bicyclic) bond motifs is 1. The van der Waals surface area contributed by atoms with Crippen LogP contribution in [0.3, 0.4) is 0 Å². The van der Waals surface area contributed by atoms with Gasteiger partial charge in [0, 0.05) is 29.7 Å². The van der Waals surface area contributed by atoms with Crippen molar-refractivity contribution in [2.75, 3.05) is 5.32 Å². The van der Waals surface area contributed by atoms with Gasteiger partial charge in [0.15, 0.2) is 0 Å². The fourth-order valence-electron chi connectivity index (χ4n) is 4.38. The third kappa shape index (κ3) is 5.56. The second kappa shape index (κ2) is 10.7. The van der Waals surface area contributed by atoms with Crippen LogP contribution in [0.25, 0.3) is 10.9 Å². The first-order valence-electron chi connectivity index (χ1n) is 11.5. The van der Waals surface area contributed by atoms with Crippen LogP contribution in [-0.2, 0) is 22.7 Å². The van der Waals surface area contributed by atoms with Gasteiger partial charge in [-0.3, -0.25) is 23.5 Å². The van der Waals surface area contributed by atoms with Gasteiger partial charge in [-0.05, 0) is 49.6 Å². The molecule has 3 aromatic rings. The highest BCUT2D eigenvalue weighted by atomic mass is 35.5. The van der Waals surface area contributed by atoms with Crippen LogP contribution in [-0.4, -0.2) is 27.0 Å². The second-order valence-electron chi connectivity index (χ2n) is 8.55. The zero-order valence-electron chi connectivity index (χ0n) is 18.8. The zero-order valence-corrected chi connectivity index (χ0v) is 19.5. The van der Waals surface area contributed by atoms with Crippen molar-refractivity contribution in [1.29, 1.82) is 0 Å². The van der Waals surface area contributed by atoms with E-state index >= 15 is 0 Å². The van der Waals surface area contributed by atoms with E-state index in [0.717, 1.165) is 30.3 Å². The molecule has 0 atom stereocenters. The minimum atomic E-state index is -0.598. The Morgan fingerprint density at radius 3 is 2.44 bits per heavy atom. The van der Waals surface area contributed by atoms with Gasteiger partial charge in [0.25, 0.3) is 5.56 Å². The lowest BCUT2D eigenvalue weighted by Gasteiger charge is -2.15. The monoisotopic (exact) mass is 482 g/mol. The lowest BCUT2D eigenvalue weighted by atomic mass is 10.2. The molecule has 178 valence electrons. The predicted octanol–water partition coefficient (Wildman–Crippen LogP) is 3.29. The van der Waals surface area contributed by atoms with E-state index in [1.54, 1.807) is 36.4 Å². The fraction of sp³-hybridized carbons (Fsp3) is 0.360. The molecule has 2 amide bonds. The smallest absolute Gasteiger partial charge is 0.331 e. The minimum Gasteiger partial charge on any atom is -0.353 e. The van der Waals surface area contributed by atoms with Gasteiger partial charge in [-0.15, -0.1) is 0 Å². The molecular weight excluding hydrogens is 456 g/mol. The summed E-state index contributed by atoms with van der Waals surface area (Å²) >= 11 is 6.11. The van der Waals surface area contributed by atoms with Crippen molar-refractivity contribution < 1.29 is 9.59 Å². The Hall–Kier alpha value is -3.39. The van der Waals surface area contributed by atoms with E-state index < -0.39 is 17.2 Å². The van der Waals surface area contributed by atoms with Crippen LogP contribution in [0.1, 0.15) is 38.5 Å². The molecule has 0 radical (unpaired) electrons. The van der Waals surface area contributed by atoms with Gasteiger partial charge in [-0.2, -0.15) is 0 Å². The molecule has 0 aliphatic heterocycles. The molecule has 1 aliphatic carbocycles. The Morgan fingerprint density at radius 1 is 0.971 bits per heavy atom. The van der Waals surface area contributed by atoms with E-state index in [4.69, 9.17) is 11.6 Å². The van der Waals surface area contributed by atoms with E-state index in [0.29, 0.717) is 22.6 Å². The number of nitrogens with zero attached hydrogens (tertiary/aromatic N) is 2. The number of nitrogens with one attached hydrogen (secondary N) is 2. The molecule has 9 heteroatoms. The van der Waals surface area contributed by atoms with E-state index in [9.17, 15) is 19.2 Å². The third-order valence-electron chi connectivity index (χ3n) is 6.05. The summed E-state index contributed by atoms with van der Waals surface area (Å²) < 4.78 is 2.35. The molecule has 1 heterocycles. The SMILES string of the molecule is O=C(Cn1c(=O)n(CCCC(=O)NC2CCCC2)c(=O)c2cc(Cl)ccc21)Nc1ccccc1. The molecule has 2 aromatic carbocycles. The summed E-state index contributed by atoms with van der Waals surface area (Å²) in [6.07, 6.45) is 4.77. The molecule has 1 aromatic heterocycles. The van der Waals surface area contributed by atoms with Crippen molar-refractivity contribution in [3.05, 3.63) is 74.4 Å². The molecule has 0 bridgehead atoms. The molecule has 8 nitrogen and oxygen atoms in total. The zero-order chi connectivity index (χ0) is 24.1. The van der Waals surface area contributed by atoms with Crippen molar-refractivity contribution in [3.8, 4) is 0 Å². The van der Waals surface area contributed by atoms with Crippen molar-refractivity contribution in [3.63, 3.8) is 0 Å². The lowest BCUT2D eigenvalue weighted by Crippen LogP contribution is -2.42. The Morgan fingerprint density at radius 2 is 1.71 bits per heavy atom. The van der Waals surface area contributed by atoms with Crippen molar-refractivity contribution >= 4 is 40.0 Å². The van der Waals surface area contributed by atoms with Gasteiger partial charge in [0.2, 0.25) is 11.8 Å². The number of carbonyl (C=O) groups excluding carboxylic acids is 2. The van der Waals surface area contributed by atoms with Crippen LogP contribution in [0.4, 0.5) is 5.69 Å². The van der Waals surface area contributed by atoms with E-state index in [2.05, 4.69) is 10.6 Å². The summed E-state index contributed by atoms with van der Waals surface area (Å²) in [4.78, 5) is 51.2. The quantitative estimate of drug-likeness (QED) is 0.514. The summed E-state index contributed by atoms with van der Waals surface area (Å²) in [5.41, 5.74) is -0.148. The van der Waals surface area contributed by atoms with Crippen LogP contribution in [0.15, 0.2) is 58.1 Å². The van der Waals surface area contributed by atoms with Crippen LogP contribution >= 0.6 is 11.6 Å². The first-order chi connectivity index (χ1) is 16.4. The Balaban J connectivity index is 1.56. The Labute approximate surface area is 201 Å². The van der Waals surface area contributed by atoms with Gasteiger partial charge in [-0.25, -0.2) is 4.79 Å². The lowest BCUT2D eigenvalue weighted by molar-refractivity contribution is -0.122. The number of amides is 2. The van der Waals surface area contributed by atoms with Gasteiger partial charge < -0.3 is 10.6 Å². The molecule has 4 rings (SSSR count). The highest BCUT2D eigenvalue weighted by molar-refractivity contribution is 6.31. The minimum absolute atomic E-state index is 0.0680. The summed E-state index contributed by atoms with van der Waals surface area (Å²) in [6.45, 7) is -0.202. The molecule has 1 fully saturated rings. The van der Waals surface area contributed by atoms with Gasteiger partial charge in [-0.1, -0.05) is 42.6 Å². The predicted molar refractivity (Wildman–Crippen MR) is 132 cm³/mol. The van der Waals surface area contributed by atoms with Crippen LogP contribution in [0.5, 0.6) is 0 Å². The van der Waals surface area contributed by atoms with Crippen LogP contribution in [0, 0.1) is 0 Å². The number of rotatable bonds is 8. The number of aromatic nitrogens is 2. The summed E-state index contributed by atoms with van der Waals surface area (Å²) in [5, 5.41) is 6.37. The molecule has 0 saturated heterocycles. The normalized spacial score (nSPS) is 13.8. The number of benzene rings is 2. The molecule has 1 saturated carbocycles. The Bertz CT molecular complexity index is 1310. The third-order valence-corrected chi connectivity index (χ3v) is 6.29. The average molecular weight is 483 g/mol. The number of hydrogen-bond acceptors (Lipinski definition) is 4. The van der Waals surface area contributed by atoms with E-state index in [-0.39, 0.29) is 36.8 Å². The van der Waals surface area contributed by atoms with Crippen LogP contribution < -0.4 is 21.9 Å². The first-order valence-corrected chi connectivity index (χ1v) is 11.9. The van der Waals surface area contributed by atoms with Gasteiger partial charge in [0.1, 0.15) is 6.54 Å². The summed E-state index contributed by atoms with van der Waals surface area (Å²) in [7, 11) is 0. The summed E-state index contributed by atoms with van der Waals surface area (Å²) in [5.74, 6) is -0.475. The topological polar surface area (TPSA) is 102 Å². The summed E-state index contributed by atoms with van der Waals surface area (Å²) in [6, 6.07) is 13.8. The molecule has 0 spiro atoms. The second-order valence-corrected chi connectivity index (χ2v) is 8.99. The number of hydrogen-bond donors (Lipinski definition) is 2. The molecular formula is C25H27ClN4O4. The van der Waals surface area contributed by atoms with E-state index in [1.807, 2.05) is 6.07 Å². The maximum absolute atomic E-state index is 13.2. The highest BCUT2D eigenvalue weighted by Gasteiger charge is 2.18. The number of anilines is 1. The number of carbonyl (C=O) groups is 2. The van der Waals surface area contributed by atoms with Crippen LogP contribution in [0.2, 0.25) is 5.02 Å². The maximum Gasteiger partial charge on any atom is 0.331 e. The van der Waals surface area contributed by atoms with Gasteiger partial charge >= 0.3 is 5.69 Å². The standard InChI is InChI=1S/C25H27ClN4O4/c26-17-12-13-21-20(15-17)24(33)29(14-6-11-22(31)27-18-9-4-5-10-18)25(34)30(21)16-23(32)28-19-7-2-1-3-8-19/h1-3,7-8,12-13,15,18H,4-6,9-11,14,16H2,(H,27,31)(H,28,32). The van der Waals surface area contributed by atoms with Crippen molar-refractivity contribution in [2.24, 2.45) is 0 Å². The van der Waals surface area contributed by atoms with Crippen molar-refractivity contribution in [1.82, 2.24) is 14.5 Å². The highest BCUT2D eigenvalue weighted by Crippen LogP contribution is 2.18. The molecule has 34 heavy (non-hydrogen) atoms. The molecule has 0 unspecified atom stereocenters. The number of para-hydroxylation sites is 1.